The third kappa shape index (κ3) is 6.68. The smallest absolute Gasteiger partial charge is 0.338 e. The predicted octanol–water partition coefficient (Wildman–Crippen LogP) is 5.82. The van der Waals surface area contributed by atoms with Gasteiger partial charge in [0.2, 0.25) is 6.29 Å². The number of ether oxygens (including phenoxy) is 3. The predicted molar refractivity (Wildman–Crippen MR) is 112 cm³/mol. The van der Waals surface area contributed by atoms with Crippen LogP contribution in [-0.4, -0.2) is 25.5 Å². The van der Waals surface area contributed by atoms with Gasteiger partial charge < -0.3 is 14.2 Å². The van der Waals surface area contributed by atoms with Gasteiger partial charge >= 0.3 is 5.97 Å². The van der Waals surface area contributed by atoms with Crippen molar-refractivity contribution in [2.24, 2.45) is 5.41 Å². The van der Waals surface area contributed by atoms with E-state index >= 15 is 0 Å². The molecule has 0 spiro atoms. The Morgan fingerprint density at radius 2 is 1.61 bits per heavy atom. The van der Waals surface area contributed by atoms with E-state index in [4.69, 9.17) is 14.2 Å². The number of carbonyl (C=O) groups excluding carboxylic acids is 1. The molecule has 0 aliphatic heterocycles. The molecule has 152 valence electrons. The van der Waals surface area contributed by atoms with Crippen molar-refractivity contribution in [3.63, 3.8) is 0 Å². The Bertz CT molecular complexity index is 717. The van der Waals surface area contributed by atoms with Crippen LogP contribution in [0.15, 0.2) is 54.6 Å². The van der Waals surface area contributed by atoms with E-state index in [0.29, 0.717) is 11.5 Å². The Morgan fingerprint density at radius 1 is 0.964 bits per heavy atom. The number of benzene rings is 2. The highest BCUT2D eigenvalue weighted by Crippen LogP contribution is 2.27. The highest BCUT2D eigenvalue weighted by Gasteiger charge is 2.27. The molecule has 0 heterocycles. The van der Waals surface area contributed by atoms with Gasteiger partial charge in [-0.15, -0.1) is 0 Å². The van der Waals surface area contributed by atoms with Crippen molar-refractivity contribution in [1.29, 1.82) is 0 Å². The van der Waals surface area contributed by atoms with Gasteiger partial charge in [-0.2, -0.15) is 0 Å². The largest absolute Gasteiger partial charge is 0.464 e. The molecule has 4 nitrogen and oxygen atoms in total. The highest BCUT2D eigenvalue weighted by molar-refractivity contribution is 5.89. The van der Waals surface area contributed by atoms with E-state index in [-0.39, 0.29) is 24.6 Å². The lowest BCUT2D eigenvalue weighted by Gasteiger charge is -2.31. The van der Waals surface area contributed by atoms with Crippen molar-refractivity contribution >= 4 is 5.97 Å². The van der Waals surface area contributed by atoms with Crippen LogP contribution in [0.5, 0.6) is 5.75 Å². The minimum Gasteiger partial charge on any atom is -0.464 e. The zero-order valence-electron chi connectivity index (χ0n) is 17.6. The standard InChI is InChI=1S/C24H32O4/c1-6-18(2)19-12-14-21(15-13-19)28-23(24(3,4)5)27-17-16-26-22(25)20-10-8-7-9-11-20/h7-15,18,23H,6,16-17H2,1-5H3. The first-order valence-electron chi connectivity index (χ1n) is 9.91. The van der Waals surface area contributed by atoms with Crippen LogP contribution in [0.1, 0.15) is 62.9 Å². The first kappa shape index (κ1) is 22.0. The van der Waals surface area contributed by atoms with Crippen LogP contribution < -0.4 is 4.74 Å². The second-order valence-electron chi connectivity index (χ2n) is 8.07. The molecule has 2 aromatic rings. The molecule has 0 radical (unpaired) electrons. The number of hydrogen-bond donors (Lipinski definition) is 0. The number of rotatable bonds is 9. The molecule has 0 amide bonds. The average molecular weight is 385 g/mol. The van der Waals surface area contributed by atoms with Gasteiger partial charge in [0.05, 0.1) is 12.2 Å². The summed E-state index contributed by atoms with van der Waals surface area (Å²) in [6, 6.07) is 17.1. The van der Waals surface area contributed by atoms with Gasteiger partial charge in [-0.25, -0.2) is 4.79 Å². The molecule has 0 N–H and O–H groups in total. The molecule has 0 saturated heterocycles. The fourth-order valence-corrected chi connectivity index (χ4v) is 2.64. The molecule has 2 unspecified atom stereocenters. The lowest BCUT2D eigenvalue weighted by molar-refractivity contribution is -0.147. The minimum absolute atomic E-state index is 0.177. The summed E-state index contributed by atoms with van der Waals surface area (Å²) in [7, 11) is 0. The van der Waals surface area contributed by atoms with Crippen LogP contribution in [-0.2, 0) is 9.47 Å². The molecule has 0 aliphatic rings. The molecule has 0 bridgehead atoms. The molecule has 0 aromatic heterocycles. The second-order valence-corrected chi connectivity index (χ2v) is 8.07. The van der Waals surface area contributed by atoms with Crippen LogP contribution in [0.4, 0.5) is 0 Å². The monoisotopic (exact) mass is 384 g/mol. The molecule has 0 saturated carbocycles. The molecule has 0 aliphatic carbocycles. The van der Waals surface area contributed by atoms with Crippen molar-refractivity contribution in [3.05, 3.63) is 65.7 Å². The van der Waals surface area contributed by atoms with Crippen LogP contribution >= 0.6 is 0 Å². The highest BCUT2D eigenvalue weighted by atomic mass is 16.7. The molecule has 2 atom stereocenters. The van der Waals surface area contributed by atoms with Crippen LogP contribution in [0.3, 0.4) is 0 Å². The molecule has 2 rings (SSSR count). The van der Waals surface area contributed by atoms with Crippen molar-refractivity contribution in [1.82, 2.24) is 0 Å². The zero-order valence-corrected chi connectivity index (χ0v) is 17.6. The van der Waals surface area contributed by atoms with Gasteiger partial charge in [-0.3, -0.25) is 0 Å². The topological polar surface area (TPSA) is 44.8 Å². The van der Waals surface area contributed by atoms with Crippen molar-refractivity contribution in [3.8, 4) is 5.75 Å². The molecular formula is C24H32O4. The van der Waals surface area contributed by atoms with E-state index in [1.54, 1.807) is 12.1 Å². The van der Waals surface area contributed by atoms with Gasteiger partial charge in [0.1, 0.15) is 12.4 Å². The SMILES string of the molecule is CCC(C)c1ccc(OC(OCCOC(=O)c2ccccc2)C(C)(C)C)cc1. The average Bonchev–Trinajstić information content (AvgIpc) is 2.69. The third-order valence-electron chi connectivity index (χ3n) is 4.61. The van der Waals surface area contributed by atoms with Crippen molar-refractivity contribution < 1.29 is 19.0 Å². The number of esters is 1. The van der Waals surface area contributed by atoms with Crippen LogP contribution in [0, 0.1) is 5.41 Å². The Balaban J connectivity index is 1.87. The van der Waals surface area contributed by atoms with Crippen LogP contribution in [0.25, 0.3) is 0 Å². The van der Waals surface area contributed by atoms with E-state index in [1.807, 2.05) is 30.3 Å². The Hall–Kier alpha value is -2.33. The maximum Gasteiger partial charge on any atom is 0.338 e. The van der Waals surface area contributed by atoms with Gasteiger partial charge in [0.25, 0.3) is 0 Å². The van der Waals surface area contributed by atoms with Gasteiger partial charge in [-0.05, 0) is 42.2 Å². The van der Waals surface area contributed by atoms with Gasteiger partial charge in [0, 0.05) is 5.41 Å². The summed E-state index contributed by atoms with van der Waals surface area (Å²) in [5.74, 6) is 0.953. The minimum atomic E-state index is -0.447. The Kier molecular flexibility index (Phi) is 8.06. The maximum absolute atomic E-state index is 12.0. The Labute approximate surface area is 168 Å². The first-order chi connectivity index (χ1) is 13.3. The maximum atomic E-state index is 12.0. The van der Waals surface area contributed by atoms with E-state index in [0.717, 1.165) is 12.2 Å². The molecule has 4 heteroatoms. The third-order valence-corrected chi connectivity index (χ3v) is 4.61. The van der Waals surface area contributed by atoms with Crippen molar-refractivity contribution in [2.75, 3.05) is 13.2 Å². The summed E-state index contributed by atoms with van der Waals surface area (Å²) in [6.45, 7) is 11.0. The molecule has 2 aromatic carbocycles. The summed E-state index contributed by atoms with van der Waals surface area (Å²) < 4.78 is 17.2. The number of hydrogen-bond acceptors (Lipinski definition) is 4. The van der Waals surface area contributed by atoms with Crippen LogP contribution in [0.2, 0.25) is 0 Å². The normalized spacial score (nSPS) is 13.6. The van der Waals surface area contributed by atoms with E-state index in [9.17, 15) is 4.79 Å². The number of carbonyl (C=O) groups is 1. The Morgan fingerprint density at radius 3 is 2.18 bits per heavy atom. The fourth-order valence-electron chi connectivity index (χ4n) is 2.64. The first-order valence-corrected chi connectivity index (χ1v) is 9.91. The lowest BCUT2D eigenvalue weighted by Crippen LogP contribution is -2.35. The van der Waals surface area contributed by atoms with E-state index in [1.165, 1.54) is 5.56 Å². The fraction of sp³-hybridized carbons (Fsp3) is 0.458. The van der Waals surface area contributed by atoms with Gasteiger partial charge in [0.15, 0.2) is 0 Å². The quantitative estimate of drug-likeness (QED) is 0.310. The summed E-state index contributed by atoms with van der Waals surface area (Å²) in [5.41, 5.74) is 1.61. The zero-order chi connectivity index (χ0) is 20.6. The summed E-state index contributed by atoms with van der Waals surface area (Å²) >= 11 is 0. The summed E-state index contributed by atoms with van der Waals surface area (Å²) in [4.78, 5) is 12.0. The summed E-state index contributed by atoms with van der Waals surface area (Å²) in [6.07, 6.45) is 0.660. The lowest BCUT2D eigenvalue weighted by atomic mass is 9.95. The molecule has 28 heavy (non-hydrogen) atoms. The van der Waals surface area contributed by atoms with E-state index < -0.39 is 6.29 Å². The molecular weight excluding hydrogens is 352 g/mol. The van der Waals surface area contributed by atoms with Gasteiger partial charge in [-0.1, -0.05) is 65.0 Å². The molecule has 0 fully saturated rings. The summed E-state index contributed by atoms with van der Waals surface area (Å²) in [5, 5.41) is 0. The van der Waals surface area contributed by atoms with Crippen molar-refractivity contribution in [2.45, 2.75) is 53.2 Å². The van der Waals surface area contributed by atoms with E-state index in [2.05, 4.69) is 46.8 Å². The second kappa shape index (κ2) is 10.3.